The quantitative estimate of drug-likeness (QED) is 0.0533. The fraction of sp³-hybridized carbons (Fsp3) is 0.290. The van der Waals surface area contributed by atoms with Crippen LogP contribution < -0.4 is 32.7 Å². The van der Waals surface area contributed by atoms with E-state index in [1.165, 1.54) is 22.7 Å². The van der Waals surface area contributed by atoms with Crippen molar-refractivity contribution in [3.8, 4) is 0 Å². The second-order valence-electron chi connectivity index (χ2n) is 10.3. The van der Waals surface area contributed by atoms with Crippen LogP contribution in [0.15, 0.2) is 65.7 Å². The van der Waals surface area contributed by atoms with E-state index in [1.807, 2.05) is 48.5 Å². The summed E-state index contributed by atoms with van der Waals surface area (Å²) in [7, 11) is 0. The van der Waals surface area contributed by atoms with E-state index in [0.29, 0.717) is 16.2 Å². The van der Waals surface area contributed by atoms with Crippen molar-refractivity contribution < 1.29 is 29.1 Å². The average molecular weight is 666 g/mol. The first-order valence-corrected chi connectivity index (χ1v) is 16.2. The summed E-state index contributed by atoms with van der Waals surface area (Å²) in [6.07, 6.45) is 1.09. The number of carboxylic acids is 1. The van der Waals surface area contributed by atoms with E-state index in [-0.39, 0.29) is 44.2 Å². The monoisotopic (exact) mass is 665 g/mol. The maximum atomic E-state index is 13.2. The van der Waals surface area contributed by atoms with Crippen LogP contribution in [0.4, 0.5) is 0 Å². The summed E-state index contributed by atoms with van der Waals surface area (Å²) in [4.78, 5) is 67.9. The topological polar surface area (TPSA) is 218 Å². The van der Waals surface area contributed by atoms with Crippen molar-refractivity contribution in [2.45, 2.75) is 37.8 Å². The second kappa shape index (κ2) is 16.3. The van der Waals surface area contributed by atoms with E-state index in [2.05, 4.69) is 26.3 Å². The molecule has 4 amide bonds. The van der Waals surface area contributed by atoms with Gasteiger partial charge >= 0.3 is 5.97 Å². The molecule has 0 bridgehead atoms. The Hall–Kier alpha value is -5.02. The second-order valence-corrected chi connectivity index (χ2v) is 12.5. The Kier molecular flexibility index (Phi) is 12.0. The van der Waals surface area contributed by atoms with Gasteiger partial charge in [-0.15, -0.1) is 22.7 Å². The van der Waals surface area contributed by atoms with Crippen LogP contribution in [-0.4, -0.2) is 72.4 Å². The Morgan fingerprint density at radius 3 is 1.74 bits per heavy atom. The van der Waals surface area contributed by atoms with Crippen LogP contribution in [0.2, 0.25) is 0 Å². The van der Waals surface area contributed by atoms with E-state index in [1.54, 1.807) is 12.1 Å². The first kappa shape index (κ1) is 33.9. The Morgan fingerprint density at radius 1 is 0.739 bits per heavy atom. The van der Waals surface area contributed by atoms with Gasteiger partial charge in [-0.2, -0.15) is 0 Å². The van der Waals surface area contributed by atoms with Gasteiger partial charge in [-0.05, 0) is 60.7 Å². The predicted octanol–water partition coefficient (Wildman–Crippen LogP) is 2.16. The number of hydrogen-bond donors (Lipinski definition) is 7. The number of aliphatic imine (C=N–C) groups is 1. The van der Waals surface area contributed by atoms with E-state index >= 15 is 0 Å². The zero-order valence-corrected chi connectivity index (χ0v) is 26.4. The van der Waals surface area contributed by atoms with Crippen LogP contribution in [0.5, 0.6) is 0 Å². The molecule has 2 aromatic heterocycles. The summed E-state index contributed by atoms with van der Waals surface area (Å²) < 4.78 is 1.86. The number of fused-ring (bicyclic) bond motifs is 2. The van der Waals surface area contributed by atoms with Crippen molar-refractivity contribution in [2.75, 3.05) is 19.6 Å². The number of carbonyl (C=O) groups excluding carboxylic acids is 4. The van der Waals surface area contributed by atoms with Gasteiger partial charge in [0.25, 0.3) is 11.8 Å². The van der Waals surface area contributed by atoms with Crippen molar-refractivity contribution in [1.29, 1.82) is 0 Å². The summed E-state index contributed by atoms with van der Waals surface area (Å²) in [6, 6.07) is 16.6. The maximum absolute atomic E-state index is 13.2. The van der Waals surface area contributed by atoms with Gasteiger partial charge in [0.2, 0.25) is 11.8 Å². The van der Waals surface area contributed by atoms with E-state index in [4.69, 9.17) is 16.6 Å². The zero-order chi connectivity index (χ0) is 33.1. The van der Waals surface area contributed by atoms with Gasteiger partial charge in [0, 0.05) is 22.5 Å². The summed E-state index contributed by atoms with van der Waals surface area (Å²) in [6.45, 7) is -0.202. The summed E-state index contributed by atoms with van der Waals surface area (Å²) in [5.41, 5.74) is 10.8. The number of nitrogens with one attached hydrogen (secondary N) is 4. The average Bonchev–Trinajstić information content (AvgIpc) is 3.67. The highest BCUT2D eigenvalue weighted by Gasteiger charge is 2.25. The van der Waals surface area contributed by atoms with Crippen LogP contribution in [0.3, 0.4) is 0 Å². The van der Waals surface area contributed by atoms with Crippen LogP contribution >= 0.6 is 22.7 Å². The molecule has 0 aliphatic heterocycles. The fourth-order valence-electron chi connectivity index (χ4n) is 4.61. The van der Waals surface area contributed by atoms with Gasteiger partial charge in [-0.25, -0.2) is 0 Å². The molecular formula is C31H35N7O6S2. The van der Waals surface area contributed by atoms with Crippen LogP contribution in [-0.2, 0) is 14.4 Å². The number of benzene rings is 2. The minimum absolute atomic E-state index is 0.0725. The maximum Gasteiger partial charge on any atom is 0.322 e. The molecule has 1 unspecified atom stereocenters. The third kappa shape index (κ3) is 9.74. The van der Waals surface area contributed by atoms with Crippen molar-refractivity contribution in [2.24, 2.45) is 16.5 Å². The van der Waals surface area contributed by atoms with Crippen LogP contribution in [0.1, 0.15) is 45.0 Å². The van der Waals surface area contributed by atoms with Crippen LogP contribution in [0.25, 0.3) is 20.2 Å². The lowest BCUT2D eigenvalue weighted by atomic mass is 10.1. The molecule has 9 N–H and O–H groups in total. The molecule has 4 rings (SSSR count). The van der Waals surface area contributed by atoms with Crippen LogP contribution in [0, 0.1) is 0 Å². The van der Waals surface area contributed by atoms with Gasteiger partial charge in [0.15, 0.2) is 5.96 Å². The molecule has 4 aromatic rings. The molecular weight excluding hydrogens is 631 g/mol. The highest BCUT2D eigenvalue weighted by Crippen LogP contribution is 2.26. The minimum Gasteiger partial charge on any atom is -0.480 e. The standard InChI is InChI=1S/C31H35N7O6S2/c32-31(33)35-14-6-10-20(37-29(43)24-15-18-7-1-3-11-22(18)45-24)27(41)34-13-5-9-21(28(42)36-17-26(39)40)38-30(44)25-16-19-8-2-4-12-23(19)46-25/h1-4,7-8,11-12,15-16,20-21H,5-6,9-10,13-14,17H2,(H,34,41)(H,36,42)(H,37,43)(H,38,44)(H,39,40)(H4,32,33,35)/t20-,21?/m1/s1. The Bertz CT molecular complexity index is 1680. The Morgan fingerprint density at radius 2 is 1.24 bits per heavy atom. The van der Waals surface area contributed by atoms with Crippen molar-refractivity contribution in [3.63, 3.8) is 0 Å². The molecule has 2 aromatic carbocycles. The lowest BCUT2D eigenvalue weighted by molar-refractivity contribution is -0.138. The highest BCUT2D eigenvalue weighted by molar-refractivity contribution is 7.21. The molecule has 15 heteroatoms. The molecule has 46 heavy (non-hydrogen) atoms. The van der Waals surface area contributed by atoms with Crippen molar-refractivity contribution >= 4 is 78.4 Å². The lowest BCUT2D eigenvalue weighted by Crippen LogP contribution is -2.49. The van der Waals surface area contributed by atoms with E-state index < -0.39 is 42.3 Å². The third-order valence-corrected chi connectivity index (χ3v) is 9.10. The molecule has 0 saturated carbocycles. The molecule has 13 nitrogen and oxygen atoms in total. The van der Waals surface area contributed by atoms with Gasteiger partial charge in [-0.3, -0.25) is 29.0 Å². The SMILES string of the molecule is NC(N)=NCCC[C@@H](NC(=O)c1cc2ccccc2s1)C(=O)NCCCC(NC(=O)c1cc2ccccc2s1)C(=O)NCC(=O)O. The molecule has 0 saturated heterocycles. The largest absolute Gasteiger partial charge is 0.480 e. The number of carbonyl (C=O) groups is 5. The number of nitrogens with two attached hydrogens (primary N) is 2. The summed E-state index contributed by atoms with van der Waals surface area (Å²) >= 11 is 2.60. The third-order valence-electron chi connectivity index (χ3n) is 6.87. The molecule has 242 valence electrons. The van der Waals surface area contributed by atoms with Gasteiger partial charge < -0.3 is 37.8 Å². The Labute approximate surface area is 272 Å². The first-order valence-electron chi connectivity index (χ1n) is 14.5. The molecule has 0 fully saturated rings. The number of guanidine groups is 1. The number of carboxylic acid groups (broad SMARTS) is 1. The van der Waals surface area contributed by atoms with Crippen molar-refractivity contribution in [3.05, 3.63) is 70.4 Å². The Balaban J connectivity index is 1.36. The number of amides is 4. The fourth-order valence-corrected chi connectivity index (χ4v) is 6.55. The van der Waals surface area contributed by atoms with E-state index in [9.17, 15) is 24.0 Å². The lowest BCUT2D eigenvalue weighted by Gasteiger charge is -2.20. The van der Waals surface area contributed by atoms with Gasteiger partial charge in [0.05, 0.1) is 9.75 Å². The predicted molar refractivity (Wildman–Crippen MR) is 179 cm³/mol. The normalized spacial score (nSPS) is 12.2. The first-order chi connectivity index (χ1) is 22.1. The molecule has 0 radical (unpaired) electrons. The smallest absolute Gasteiger partial charge is 0.322 e. The summed E-state index contributed by atoms with van der Waals surface area (Å²) in [5.74, 6) is -3.24. The zero-order valence-electron chi connectivity index (χ0n) is 24.8. The number of nitrogens with zero attached hydrogens (tertiary/aromatic N) is 1. The number of rotatable bonds is 16. The van der Waals surface area contributed by atoms with E-state index in [0.717, 1.165) is 20.2 Å². The minimum atomic E-state index is -1.22. The number of thiophene rings is 2. The molecule has 0 aliphatic rings. The van der Waals surface area contributed by atoms with Crippen molar-refractivity contribution in [1.82, 2.24) is 21.3 Å². The summed E-state index contributed by atoms with van der Waals surface area (Å²) in [5, 5.41) is 21.4. The molecule has 0 spiro atoms. The molecule has 0 aliphatic carbocycles. The number of hydrogen-bond acceptors (Lipinski definition) is 8. The molecule has 2 heterocycles. The molecule has 2 atom stereocenters. The number of aliphatic carboxylic acids is 1. The van der Waals surface area contributed by atoms with Gasteiger partial charge in [0.1, 0.15) is 18.6 Å². The van der Waals surface area contributed by atoms with Gasteiger partial charge in [-0.1, -0.05) is 36.4 Å². The highest BCUT2D eigenvalue weighted by atomic mass is 32.1.